The Labute approximate surface area is 172 Å². The van der Waals surface area contributed by atoms with Crippen LogP contribution in [0, 0.1) is 0 Å². The molecular weight excluding hydrogens is 396 g/mol. The van der Waals surface area contributed by atoms with Crippen molar-refractivity contribution in [3.8, 4) is 11.3 Å². The second-order valence-electron chi connectivity index (χ2n) is 6.36. The van der Waals surface area contributed by atoms with Crippen LogP contribution in [0.1, 0.15) is 10.5 Å². The summed E-state index contributed by atoms with van der Waals surface area (Å²) in [7, 11) is 1.70. The normalized spacial score (nSPS) is 14.1. The molecule has 3 heterocycles. The van der Waals surface area contributed by atoms with Crippen LogP contribution < -0.4 is 9.80 Å². The van der Waals surface area contributed by atoms with Crippen LogP contribution in [-0.4, -0.2) is 49.2 Å². The van der Waals surface area contributed by atoms with Crippen LogP contribution in [0.4, 0.5) is 10.8 Å². The van der Waals surface area contributed by atoms with Gasteiger partial charge in [0.1, 0.15) is 5.69 Å². The van der Waals surface area contributed by atoms with E-state index in [-0.39, 0.29) is 5.91 Å². The lowest BCUT2D eigenvalue weighted by Gasteiger charge is -2.28. The Morgan fingerprint density at radius 1 is 1.21 bits per heavy atom. The van der Waals surface area contributed by atoms with Crippen molar-refractivity contribution >= 4 is 39.7 Å². The molecule has 0 bridgehead atoms. The first kappa shape index (κ1) is 18.9. The molecule has 1 aromatic carbocycles. The smallest absolute Gasteiger partial charge is 0.278 e. The standard InChI is InChI=1S/C20H19ClN4O2S/c1-24(20-23-18(13-28-20)15-4-2-3-5-16(15)21)19(26)17-7-6-14(12-22-17)25-8-10-27-11-9-25/h2-7,12-13H,8-11H2,1H3. The molecule has 0 unspecified atom stereocenters. The summed E-state index contributed by atoms with van der Waals surface area (Å²) in [6.45, 7) is 3.08. The summed E-state index contributed by atoms with van der Waals surface area (Å²) in [6.07, 6.45) is 1.74. The highest BCUT2D eigenvalue weighted by atomic mass is 35.5. The molecule has 0 atom stereocenters. The summed E-state index contributed by atoms with van der Waals surface area (Å²) in [6, 6.07) is 11.2. The highest BCUT2D eigenvalue weighted by molar-refractivity contribution is 7.14. The number of halogens is 1. The number of nitrogens with zero attached hydrogens (tertiary/aromatic N) is 4. The first-order chi connectivity index (χ1) is 13.6. The van der Waals surface area contributed by atoms with Crippen molar-refractivity contribution in [2.24, 2.45) is 0 Å². The van der Waals surface area contributed by atoms with E-state index in [0.29, 0.717) is 29.1 Å². The van der Waals surface area contributed by atoms with Gasteiger partial charge < -0.3 is 9.64 Å². The van der Waals surface area contributed by atoms with Crippen LogP contribution in [0.25, 0.3) is 11.3 Å². The van der Waals surface area contributed by atoms with E-state index in [9.17, 15) is 4.79 Å². The number of hydrogen-bond acceptors (Lipinski definition) is 6. The molecule has 0 radical (unpaired) electrons. The minimum Gasteiger partial charge on any atom is -0.378 e. The number of carbonyl (C=O) groups excluding carboxylic acids is 1. The van der Waals surface area contributed by atoms with E-state index >= 15 is 0 Å². The van der Waals surface area contributed by atoms with Crippen molar-refractivity contribution in [3.05, 3.63) is 58.7 Å². The Morgan fingerprint density at radius 2 is 2.00 bits per heavy atom. The number of benzene rings is 1. The van der Waals surface area contributed by atoms with E-state index in [1.807, 2.05) is 35.7 Å². The molecule has 1 amide bonds. The average molecular weight is 415 g/mol. The van der Waals surface area contributed by atoms with Crippen molar-refractivity contribution in [2.45, 2.75) is 0 Å². The fraction of sp³-hybridized carbons (Fsp3) is 0.250. The third-order valence-electron chi connectivity index (χ3n) is 4.58. The van der Waals surface area contributed by atoms with E-state index in [1.165, 1.54) is 16.2 Å². The Balaban J connectivity index is 1.50. The molecule has 1 fully saturated rings. The topological polar surface area (TPSA) is 58.6 Å². The van der Waals surface area contributed by atoms with E-state index in [0.717, 1.165) is 30.0 Å². The molecule has 6 nitrogen and oxygen atoms in total. The third kappa shape index (κ3) is 3.87. The van der Waals surface area contributed by atoms with Gasteiger partial charge in [-0.05, 0) is 18.2 Å². The number of thiazole rings is 1. The number of ether oxygens (including phenoxy) is 1. The van der Waals surface area contributed by atoms with Gasteiger partial charge in [-0.2, -0.15) is 0 Å². The second kappa shape index (κ2) is 8.26. The minimum absolute atomic E-state index is 0.200. The Bertz CT molecular complexity index is 970. The average Bonchev–Trinajstić information content (AvgIpc) is 3.24. The van der Waals surface area contributed by atoms with Crippen molar-refractivity contribution in [1.82, 2.24) is 9.97 Å². The van der Waals surface area contributed by atoms with E-state index in [2.05, 4.69) is 14.9 Å². The number of amides is 1. The largest absolute Gasteiger partial charge is 0.378 e. The number of anilines is 2. The van der Waals surface area contributed by atoms with Gasteiger partial charge in [0.2, 0.25) is 0 Å². The molecule has 1 aliphatic rings. The molecule has 0 N–H and O–H groups in total. The zero-order chi connectivity index (χ0) is 19.5. The third-order valence-corrected chi connectivity index (χ3v) is 5.82. The van der Waals surface area contributed by atoms with E-state index in [1.54, 1.807) is 19.3 Å². The lowest BCUT2D eigenvalue weighted by Crippen LogP contribution is -2.36. The zero-order valence-electron chi connectivity index (χ0n) is 15.3. The maximum absolute atomic E-state index is 12.8. The Hall–Kier alpha value is -2.48. The Kier molecular flexibility index (Phi) is 5.57. The van der Waals surface area contributed by atoms with Gasteiger partial charge in [0.05, 0.1) is 30.8 Å². The predicted molar refractivity (Wildman–Crippen MR) is 113 cm³/mol. The number of carbonyl (C=O) groups is 1. The highest BCUT2D eigenvalue weighted by Crippen LogP contribution is 2.31. The molecule has 144 valence electrons. The fourth-order valence-electron chi connectivity index (χ4n) is 2.99. The predicted octanol–water partition coefficient (Wildman–Crippen LogP) is 3.97. The number of rotatable bonds is 4. The first-order valence-corrected chi connectivity index (χ1v) is 10.2. The monoisotopic (exact) mass is 414 g/mol. The number of morpholine rings is 1. The molecule has 1 saturated heterocycles. The van der Waals surface area contributed by atoms with Crippen LogP contribution in [0.15, 0.2) is 48.0 Å². The van der Waals surface area contributed by atoms with Crippen molar-refractivity contribution < 1.29 is 9.53 Å². The van der Waals surface area contributed by atoms with E-state index < -0.39 is 0 Å². The SMILES string of the molecule is CN(C(=O)c1ccc(N2CCOCC2)cn1)c1nc(-c2ccccc2Cl)cs1. The zero-order valence-corrected chi connectivity index (χ0v) is 16.9. The van der Waals surface area contributed by atoms with Crippen LogP contribution in [-0.2, 0) is 4.74 Å². The van der Waals surface area contributed by atoms with Crippen LogP contribution in [0.2, 0.25) is 5.02 Å². The summed E-state index contributed by atoms with van der Waals surface area (Å²) in [5, 5.41) is 3.13. The Morgan fingerprint density at radius 3 is 2.71 bits per heavy atom. The van der Waals surface area contributed by atoms with Gasteiger partial charge in [-0.25, -0.2) is 9.97 Å². The summed E-state index contributed by atoms with van der Waals surface area (Å²) in [4.78, 5) is 25.5. The summed E-state index contributed by atoms with van der Waals surface area (Å²) >= 11 is 7.64. The maximum Gasteiger partial charge on any atom is 0.278 e. The molecule has 2 aromatic heterocycles. The molecular formula is C20H19ClN4O2S. The molecule has 0 saturated carbocycles. The number of hydrogen-bond donors (Lipinski definition) is 0. The molecule has 4 rings (SSSR count). The summed E-state index contributed by atoms with van der Waals surface area (Å²) in [5.74, 6) is -0.200. The first-order valence-electron chi connectivity index (χ1n) is 8.91. The van der Waals surface area contributed by atoms with Gasteiger partial charge in [0.15, 0.2) is 5.13 Å². The number of pyridine rings is 1. The molecule has 0 spiro atoms. The molecule has 1 aliphatic heterocycles. The van der Waals surface area contributed by atoms with Crippen molar-refractivity contribution in [1.29, 1.82) is 0 Å². The van der Waals surface area contributed by atoms with Crippen LogP contribution >= 0.6 is 22.9 Å². The molecule has 8 heteroatoms. The van der Waals surface area contributed by atoms with Gasteiger partial charge in [-0.1, -0.05) is 29.8 Å². The lowest BCUT2D eigenvalue weighted by molar-refractivity contribution is 0.0988. The highest BCUT2D eigenvalue weighted by Gasteiger charge is 2.19. The summed E-state index contributed by atoms with van der Waals surface area (Å²) < 4.78 is 5.37. The molecule has 3 aromatic rings. The van der Waals surface area contributed by atoms with Crippen molar-refractivity contribution in [2.75, 3.05) is 43.2 Å². The van der Waals surface area contributed by atoms with Gasteiger partial charge in [-0.15, -0.1) is 11.3 Å². The van der Waals surface area contributed by atoms with Gasteiger partial charge in [-0.3, -0.25) is 9.69 Å². The van der Waals surface area contributed by atoms with E-state index in [4.69, 9.17) is 16.3 Å². The van der Waals surface area contributed by atoms with Crippen molar-refractivity contribution in [3.63, 3.8) is 0 Å². The fourth-order valence-corrected chi connectivity index (χ4v) is 4.01. The second-order valence-corrected chi connectivity index (χ2v) is 7.60. The molecule has 0 aliphatic carbocycles. The molecule has 28 heavy (non-hydrogen) atoms. The maximum atomic E-state index is 12.8. The van der Waals surface area contributed by atoms with Crippen LogP contribution in [0.5, 0.6) is 0 Å². The quantitative estimate of drug-likeness (QED) is 0.646. The number of aromatic nitrogens is 2. The van der Waals surface area contributed by atoms with Crippen LogP contribution in [0.3, 0.4) is 0 Å². The van der Waals surface area contributed by atoms with Gasteiger partial charge >= 0.3 is 0 Å². The van der Waals surface area contributed by atoms with Gasteiger partial charge in [0, 0.05) is 36.1 Å². The summed E-state index contributed by atoms with van der Waals surface area (Å²) in [5.41, 5.74) is 2.98. The lowest BCUT2D eigenvalue weighted by atomic mass is 10.2. The minimum atomic E-state index is -0.200. The van der Waals surface area contributed by atoms with Gasteiger partial charge in [0.25, 0.3) is 5.91 Å².